The molecule has 7 heteroatoms. The number of piperidine rings is 1. The van der Waals surface area contributed by atoms with Gasteiger partial charge in [-0.25, -0.2) is 8.42 Å². The topological polar surface area (TPSA) is 71.8 Å². The van der Waals surface area contributed by atoms with Gasteiger partial charge in [-0.05, 0) is 67.5 Å². The predicted molar refractivity (Wildman–Crippen MR) is 131 cm³/mol. The van der Waals surface area contributed by atoms with Crippen molar-refractivity contribution in [2.75, 3.05) is 30.7 Å². The number of para-hydroxylation sites is 1. The number of hydrogen-bond donors (Lipinski definition) is 1. The molecule has 2 unspecified atom stereocenters. The van der Waals surface area contributed by atoms with Crippen molar-refractivity contribution in [3.63, 3.8) is 0 Å². The molecule has 6 nitrogen and oxygen atoms in total. The Bertz CT molecular complexity index is 1190. The van der Waals surface area contributed by atoms with E-state index in [0.717, 1.165) is 49.1 Å². The summed E-state index contributed by atoms with van der Waals surface area (Å²) in [5.41, 5.74) is 2.96. The fraction of sp³-hybridized carbons (Fsp3) is 0.462. The number of rotatable bonds is 8. The summed E-state index contributed by atoms with van der Waals surface area (Å²) in [5, 5.41) is 1.16. The van der Waals surface area contributed by atoms with E-state index in [1.54, 1.807) is 0 Å². The number of hydrogen-bond acceptors (Lipinski definition) is 5. The third-order valence-corrected chi connectivity index (χ3v) is 8.60. The molecule has 2 atom stereocenters. The average molecular weight is 469 g/mol. The van der Waals surface area contributed by atoms with Crippen LogP contribution in [0.15, 0.2) is 59.0 Å². The van der Waals surface area contributed by atoms with Crippen LogP contribution in [0.1, 0.15) is 43.4 Å². The average Bonchev–Trinajstić information content (AvgIpc) is 3.22. The van der Waals surface area contributed by atoms with E-state index < -0.39 is 10.0 Å². The number of benzene rings is 2. The zero-order valence-electron chi connectivity index (χ0n) is 19.1. The molecule has 1 N–H and O–H groups in total. The SMILES string of the molecule is COCCS(=O)(=O)Nc1cccc(C23CCCC(C2)N(Cc2cc4ccccc4o2)CC3)c1. The fourth-order valence-electron chi connectivity index (χ4n) is 5.68. The highest BCUT2D eigenvalue weighted by atomic mass is 32.2. The molecule has 0 radical (unpaired) electrons. The number of methoxy groups -OCH3 is 1. The minimum absolute atomic E-state index is 0.0440. The molecular formula is C26H32N2O4S. The quantitative estimate of drug-likeness (QED) is 0.509. The van der Waals surface area contributed by atoms with Gasteiger partial charge in [-0.15, -0.1) is 0 Å². The first-order chi connectivity index (χ1) is 16.0. The second-order valence-electron chi connectivity index (χ2n) is 9.50. The molecule has 3 aromatic rings. The smallest absolute Gasteiger partial charge is 0.234 e. The lowest BCUT2D eigenvalue weighted by molar-refractivity contribution is 0.0416. The van der Waals surface area contributed by atoms with Crippen LogP contribution < -0.4 is 4.72 Å². The molecule has 1 saturated carbocycles. The molecule has 1 aliphatic heterocycles. The van der Waals surface area contributed by atoms with E-state index in [4.69, 9.17) is 9.15 Å². The van der Waals surface area contributed by atoms with Crippen LogP contribution in [0.5, 0.6) is 0 Å². The summed E-state index contributed by atoms with van der Waals surface area (Å²) in [6.07, 6.45) is 5.72. The lowest BCUT2D eigenvalue weighted by Gasteiger charge is -2.50. The third-order valence-electron chi connectivity index (χ3n) is 7.35. The fourth-order valence-corrected chi connectivity index (χ4v) is 6.65. The molecule has 1 aliphatic carbocycles. The summed E-state index contributed by atoms with van der Waals surface area (Å²) in [4.78, 5) is 2.58. The molecular weight excluding hydrogens is 436 g/mol. The second kappa shape index (κ2) is 9.12. The predicted octanol–water partition coefficient (Wildman–Crippen LogP) is 4.91. The van der Waals surface area contributed by atoms with Crippen molar-refractivity contribution in [3.8, 4) is 0 Å². The van der Waals surface area contributed by atoms with Crippen LogP contribution in [0.2, 0.25) is 0 Å². The Balaban J connectivity index is 1.31. The van der Waals surface area contributed by atoms with Crippen LogP contribution in [0.25, 0.3) is 11.0 Å². The molecule has 176 valence electrons. The van der Waals surface area contributed by atoms with Crippen molar-refractivity contribution >= 4 is 26.7 Å². The lowest BCUT2D eigenvalue weighted by Crippen LogP contribution is -2.51. The lowest BCUT2D eigenvalue weighted by atomic mass is 9.63. The van der Waals surface area contributed by atoms with Crippen molar-refractivity contribution in [2.45, 2.75) is 50.1 Å². The summed E-state index contributed by atoms with van der Waals surface area (Å²) >= 11 is 0. The van der Waals surface area contributed by atoms with Crippen LogP contribution in [0.4, 0.5) is 5.69 Å². The maximum absolute atomic E-state index is 12.3. The largest absolute Gasteiger partial charge is 0.460 e. The Kier molecular flexibility index (Phi) is 6.20. The van der Waals surface area contributed by atoms with E-state index in [0.29, 0.717) is 11.7 Å². The molecule has 2 aliphatic rings. The Morgan fingerprint density at radius 1 is 1.15 bits per heavy atom. The number of fused-ring (bicyclic) bond motifs is 3. The van der Waals surface area contributed by atoms with E-state index in [2.05, 4.69) is 27.8 Å². The van der Waals surface area contributed by atoms with E-state index in [9.17, 15) is 8.42 Å². The number of likely N-dealkylation sites (tertiary alicyclic amines) is 1. The van der Waals surface area contributed by atoms with Gasteiger partial charge in [0.05, 0.1) is 18.9 Å². The zero-order valence-corrected chi connectivity index (χ0v) is 19.9. The highest BCUT2D eigenvalue weighted by molar-refractivity contribution is 7.92. The van der Waals surface area contributed by atoms with Gasteiger partial charge in [0.25, 0.3) is 0 Å². The molecule has 2 aromatic carbocycles. The first kappa shape index (κ1) is 22.4. The monoisotopic (exact) mass is 468 g/mol. The second-order valence-corrected chi connectivity index (χ2v) is 11.3. The standard InChI is InChI=1S/C26H32N2O4S/c1-31-14-15-33(29,30)27-22-8-4-7-21(17-22)26-11-5-9-23(18-26)28(13-12-26)19-24-16-20-6-2-3-10-25(20)32-24/h2-4,6-8,10,16-17,23,27H,5,9,11-15,18-19H2,1H3. The first-order valence-electron chi connectivity index (χ1n) is 11.8. The molecule has 1 saturated heterocycles. The van der Waals surface area contributed by atoms with Gasteiger partial charge in [-0.3, -0.25) is 9.62 Å². The normalized spacial score (nSPS) is 23.6. The van der Waals surface area contributed by atoms with Gasteiger partial charge < -0.3 is 9.15 Å². The Morgan fingerprint density at radius 3 is 2.88 bits per heavy atom. The molecule has 2 heterocycles. The molecule has 2 fully saturated rings. The zero-order chi connectivity index (χ0) is 22.9. The van der Waals surface area contributed by atoms with Gasteiger partial charge in [0.2, 0.25) is 10.0 Å². The summed E-state index contributed by atoms with van der Waals surface area (Å²) in [6, 6.07) is 18.9. The van der Waals surface area contributed by atoms with Crippen LogP contribution in [0.3, 0.4) is 0 Å². The molecule has 0 spiro atoms. The Labute approximate surface area is 196 Å². The number of nitrogens with zero attached hydrogens (tertiary/aromatic N) is 1. The number of sulfonamides is 1. The van der Waals surface area contributed by atoms with Crippen molar-refractivity contribution < 1.29 is 17.6 Å². The summed E-state index contributed by atoms with van der Waals surface area (Å²) in [7, 11) is -1.91. The van der Waals surface area contributed by atoms with Gasteiger partial charge in [0, 0.05) is 24.2 Å². The van der Waals surface area contributed by atoms with Crippen molar-refractivity contribution in [1.82, 2.24) is 4.90 Å². The minimum atomic E-state index is -3.42. The highest BCUT2D eigenvalue weighted by Crippen LogP contribution is 2.47. The molecule has 0 amide bonds. The number of ether oxygens (including phenoxy) is 1. The Hall–Kier alpha value is -2.35. The number of anilines is 1. The van der Waals surface area contributed by atoms with Crippen molar-refractivity contribution in [1.29, 1.82) is 0 Å². The maximum Gasteiger partial charge on any atom is 0.234 e. The molecule has 1 aromatic heterocycles. The van der Waals surface area contributed by atoms with E-state index in [-0.39, 0.29) is 17.8 Å². The van der Waals surface area contributed by atoms with Crippen LogP contribution in [-0.4, -0.2) is 45.4 Å². The van der Waals surface area contributed by atoms with Gasteiger partial charge in [-0.1, -0.05) is 36.8 Å². The number of furan rings is 1. The van der Waals surface area contributed by atoms with Gasteiger partial charge in [0.15, 0.2) is 0 Å². The molecule has 2 bridgehead atoms. The minimum Gasteiger partial charge on any atom is -0.460 e. The van der Waals surface area contributed by atoms with Crippen molar-refractivity contribution in [2.24, 2.45) is 0 Å². The van der Waals surface area contributed by atoms with Gasteiger partial charge in [0.1, 0.15) is 11.3 Å². The third kappa shape index (κ3) is 4.81. The number of nitrogens with one attached hydrogen (secondary N) is 1. The first-order valence-corrected chi connectivity index (χ1v) is 13.4. The van der Waals surface area contributed by atoms with Gasteiger partial charge >= 0.3 is 0 Å². The van der Waals surface area contributed by atoms with E-state index in [1.807, 2.05) is 36.4 Å². The van der Waals surface area contributed by atoms with E-state index >= 15 is 0 Å². The van der Waals surface area contributed by atoms with E-state index in [1.165, 1.54) is 25.5 Å². The molecule has 5 rings (SSSR count). The maximum atomic E-state index is 12.3. The molecule has 33 heavy (non-hydrogen) atoms. The van der Waals surface area contributed by atoms with Gasteiger partial charge in [-0.2, -0.15) is 0 Å². The van der Waals surface area contributed by atoms with Crippen LogP contribution in [-0.2, 0) is 26.7 Å². The van der Waals surface area contributed by atoms with Crippen LogP contribution >= 0.6 is 0 Å². The highest BCUT2D eigenvalue weighted by Gasteiger charge is 2.43. The Morgan fingerprint density at radius 2 is 2.03 bits per heavy atom. The van der Waals surface area contributed by atoms with Crippen molar-refractivity contribution in [3.05, 3.63) is 65.9 Å². The summed E-state index contributed by atoms with van der Waals surface area (Å²) < 4.78 is 38.4. The summed E-state index contributed by atoms with van der Waals surface area (Å²) in [5.74, 6) is 0.985. The van der Waals surface area contributed by atoms with Crippen LogP contribution in [0, 0.1) is 0 Å². The summed E-state index contributed by atoms with van der Waals surface area (Å²) in [6.45, 7) is 2.04.